The van der Waals surface area contributed by atoms with E-state index in [2.05, 4.69) is 5.32 Å². The number of nitrogens with zero attached hydrogens (tertiary/aromatic N) is 2. The molecule has 0 aliphatic heterocycles. The minimum Gasteiger partial charge on any atom is -0.492 e. The van der Waals surface area contributed by atoms with Gasteiger partial charge in [-0.05, 0) is 55.3 Å². The predicted molar refractivity (Wildman–Crippen MR) is 149 cm³/mol. The summed E-state index contributed by atoms with van der Waals surface area (Å²) >= 11 is 6.03. The van der Waals surface area contributed by atoms with E-state index in [0.717, 1.165) is 9.87 Å². The lowest BCUT2D eigenvalue weighted by molar-refractivity contribution is -0.140. The summed E-state index contributed by atoms with van der Waals surface area (Å²) in [5.41, 5.74) is 0.975. The molecule has 3 aromatic carbocycles. The van der Waals surface area contributed by atoms with Gasteiger partial charge in [0.15, 0.2) is 0 Å². The number of rotatable bonds is 12. The fourth-order valence-electron chi connectivity index (χ4n) is 4.05. The second kappa shape index (κ2) is 13.3. The van der Waals surface area contributed by atoms with E-state index >= 15 is 0 Å². The zero-order valence-corrected chi connectivity index (χ0v) is 23.2. The number of hydrogen-bond acceptors (Lipinski definition) is 5. The molecule has 3 aromatic rings. The average Bonchev–Trinajstić information content (AvgIpc) is 2.93. The van der Waals surface area contributed by atoms with Crippen molar-refractivity contribution in [3.8, 4) is 5.75 Å². The standard InChI is InChI=1S/C28H32ClN3O5S/c1-4-24(28(34)30-3)31(19-21-15-17-22(29)18-16-21)27(33)20-32(25-13-9-10-14-26(25)37-5-2)38(35,36)23-11-7-6-8-12-23/h6-18,24H,4-5,19-20H2,1-3H3,(H,30,34)/t24-/m0/s1. The second-order valence-corrected chi connectivity index (χ2v) is 10.7. The number of benzene rings is 3. The Morgan fingerprint density at radius 2 is 1.58 bits per heavy atom. The molecule has 0 fully saturated rings. The number of carbonyl (C=O) groups is 2. The molecule has 0 bridgehead atoms. The fraction of sp³-hybridized carbons (Fsp3) is 0.286. The highest BCUT2D eigenvalue weighted by molar-refractivity contribution is 7.92. The van der Waals surface area contributed by atoms with Gasteiger partial charge in [-0.2, -0.15) is 0 Å². The number of carbonyl (C=O) groups excluding carboxylic acids is 2. The van der Waals surface area contributed by atoms with Gasteiger partial charge in [-0.15, -0.1) is 0 Å². The van der Waals surface area contributed by atoms with Crippen LogP contribution in [-0.2, 0) is 26.2 Å². The maximum Gasteiger partial charge on any atom is 0.264 e. The third-order valence-corrected chi connectivity index (χ3v) is 7.97. The van der Waals surface area contributed by atoms with Crippen molar-refractivity contribution in [3.63, 3.8) is 0 Å². The SMILES string of the molecule is CCOc1ccccc1N(CC(=O)N(Cc1ccc(Cl)cc1)[C@@H](CC)C(=O)NC)S(=O)(=O)c1ccccc1. The number of anilines is 1. The quantitative estimate of drug-likeness (QED) is 0.354. The topological polar surface area (TPSA) is 96.0 Å². The molecule has 0 radical (unpaired) electrons. The van der Waals surface area contributed by atoms with Gasteiger partial charge in [0.05, 0.1) is 17.2 Å². The third kappa shape index (κ3) is 6.85. The van der Waals surface area contributed by atoms with Crippen LogP contribution in [0.25, 0.3) is 0 Å². The summed E-state index contributed by atoms with van der Waals surface area (Å²) in [6.45, 7) is 3.45. The average molecular weight is 558 g/mol. The van der Waals surface area contributed by atoms with E-state index in [-0.39, 0.29) is 23.0 Å². The maximum absolute atomic E-state index is 13.9. The van der Waals surface area contributed by atoms with Crippen molar-refractivity contribution < 1.29 is 22.7 Å². The first-order valence-electron chi connectivity index (χ1n) is 12.3. The van der Waals surface area contributed by atoms with Crippen LogP contribution in [-0.4, -0.2) is 51.4 Å². The third-order valence-electron chi connectivity index (χ3n) is 5.94. The first kappa shape index (κ1) is 29.0. The van der Waals surface area contributed by atoms with E-state index in [9.17, 15) is 18.0 Å². The van der Waals surface area contributed by atoms with Crippen LogP contribution in [0, 0.1) is 0 Å². The largest absolute Gasteiger partial charge is 0.492 e. The number of halogens is 1. The first-order valence-corrected chi connectivity index (χ1v) is 14.1. The molecule has 0 aliphatic rings. The van der Waals surface area contributed by atoms with Crippen LogP contribution in [0.15, 0.2) is 83.8 Å². The molecule has 1 atom stereocenters. The molecular formula is C28H32ClN3O5S. The monoisotopic (exact) mass is 557 g/mol. The molecule has 202 valence electrons. The van der Waals surface area contributed by atoms with Crippen LogP contribution in [0.1, 0.15) is 25.8 Å². The van der Waals surface area contributed by atoms with Gasteiger partial charge in [-0.25, -0.2) is 8.42 Å². The highest BCUT2D eigenvalue weighted by atomic mass is 35.5. The molecule has 0 saturated carbocycles. The van der Waals surface area contributed by atoms with Crippen LogP contribution in [0.4, 0.5) is 5.69 Å². The van der Waals surface area contributed by atoms with E-state index in [1.807, 2.05) is 0 Å². The maximum atomic E-state index is 13.9. The molecule has 0 saturated heterocycles. The van der Waals surface area contributed by atoms with E-state index < -0.39 is 28.5 Å². The Labute approximate surface area is 229 Å². The Bertz CT molecular complexity index is 1330. The summed E-state index contributed by atoms with van der Waals surface area (Å²) in [4.78, 5) is 28.1. The van der Waals surface area contributed by atoms with Gasteiger partial charge in [0, 0.05) is 18.6 Å². The lowest BCUT2D eigenvalue weighted by Gasteiger charge is -2.33. The predicted octanol–water partition coefficient (Wildman–Crippen LogP) is 4.49. The number of para-hydroxylation sites is 2. The summed E-state index contributed by atoms with van der Waals surface area (Å²) in [7, 11) is -2.67. The molecule has 8 nitrogen and oxygen atoms in total. The highest BCUT2D eigenvalue weighted by Gasteiger charge is 2.34. The summed E-state index contributed by atoms with van der Waals surface area (Å²) in [6.07, 6.45) is 0.333. The van der Waals surface area contributed by atoms with E-state index in [1.54, 1.807) is 80.6 Å². The lowest BCUT2D eigenvalue weighted by atomic mass is 10.1. The van der Waals surface area contributed by atoms with Gasteiger partial charge in [-0.1, -0.05) is 61.0 Å². The Balaban J connectivity index is 2.09. The van der Waals surface area contributed by atoms with Gasteiger partial charge in [-0.3, -0.25) is 13.9 Å². The smallest absolute Gasteiger partial charge is 0.264 e. The van der Waals surface area contributed by atoms with Crippen molar-refractivity contribution in [1.29, 1.82) is 0 Å². The van der Waals surface area contributed by atoms with Crippen molar-refractivity contribution in [2.75, 3.05) is 24.5 Å². The minimum absolute atomic E-state index is 0.0293. The first-order chi connectivity index (χ1) is 18.2. The molecule has 1 N–H and O–H groups in total. The molecule has 0 spiro atoms. The van der Waals surface area contributed by atoms with Gasteiger partial charge in [0.2, 0.25) is 11.8 Å². The van der Waals surface area contributed by atoms with Crippen molar-refractivity contribution in [1.82, 2.24) is 10.2 Å². The van der Waals surface area contributed by atoms with Crippen LogP contribution < -0.4 is 14.4 Å². The molecule has 0 aliphatic carbocycles. The second-order valence-electron chi connectivity index (χ2n) is 8.41. The zero-order valence-electron chi connectivity index (χ0n) is 21.6. The molecule has 2 amide bonds. The van der Waals surface area contributed by atoms with Gasteiger partial charge in [0.1, 0.15) is 18.3 Å². The van der Waals surface area contributed by atoms with Crippen molar-refractivity contribution in [3.05, 3.63) is 89.4 Å². The van der Waals surface area contributed by atoms with Crippen LogP contribution in [0.5, 0.6) is 5.75 Å². The molecule has 0 aromatic heterocycles. The van der Waals surface area contributed by atoms with Gasteiger partial charge < -0.3 is 15.0 Å². The van der Waals surface area contributed by atoms with Crippen molar-refractivity contribution in [2.45, 2.75) is 37.8 Å². The lowest BCUT2D eigenvalue weighted by Crippen LogP contribution is -2.51. The molecule has 38 heavy (non-hydrogen) atoms. The summed E-state index contributed by atoms with van der Waals surface area (Å²) in [6, 6.07) is 20.7. The van der Waals surface area contributed by atoms with Crippen molar-refractivity contribution >= 4 is 39.1 Å². The van der Waals surface area contributed by atoms with Crippen molar-refractivity contribution in [2.24, 2.45) is 0 Å². The highest BCUT2D eigenvalue weighted by Crippen LogP contribution is 2.33. The van der Waals surface area contributed by atoms with Crippen LogP contribution >= 0.6 is 11.6 Å². The zero-order chi connectivity index (χ0) is 27.7. The summed E-state index contributed by atoms with van der Waals surface area (Å²) < 4.78 is 34.5. The van der Waals surface area contributed by atoms with Crippen LogP contribution in [0.3, 0.4) is 0 Å². The summed E-state index contributed by atoms with van der Waals surface area (Å²) in [5, 5.41) is 3.15. The van der Waals surface area contributed by atoms with E-state index in [0.29, 0.717) is 23.8 Å². The normalized spacial score (nSPS) is 11.9. The fourth-order valence-corrected chi connectivity index (χ4v) is 5.62. The van der Waals surface area contributed by atoms with Gasteiger partial charge in [0.25, 0.3) is 10.0 Å². The van der Waals surface area contributed by atoms with Crippen LogP contribution in [0.2, 0.25) is 5.02 Å². The van der Waals surface area contributed by atoms with Gasteiger partial charge >= 0.3 is 0 Å². The number of sulfonamides is 1. The number of hydrogen-bond donors (Lipinski definition) is 1. The number of nitrogens with one attached hydrogen (secondary N) is 1. The number of ether oxygens (including phenoxy) is 1. The Morgan fingerprint density at radius 1 is 0.947 bits per heavy atom. The molecule has 0 unspecified atom stereocenters. The molecular weight excluding hydrogens is 526 g/mol. The van der Waals surface area contributed by atoms with E-state index in [4.69, 9.17) is 16.3 Å². The Hall–Kier alpha value is -3.56. The molecule has 3 rings (SSSR count). The Morgan fingerprint density at radius 3 is 2.18 bits per heavy atom. The Kier molecular flexibility index (Phi) is 10.2. The molecule has 10 heteroatoms. The summed E-state index contributed by atoms with van der Waals surface area (Å²) in [5.74, 6) is -0.562. The minimum atomic E-state index is -4.17. The molecule has 0 heterocycles. The number of likely N-dealkylation sites (N-methyl/N-ethyl adjacent to an activating group) is 1. The van der Waals surface area contributed by atoms with E-state index in [1.165, 1.54) is 24.1 Å². The number of amides is 2.